The van der Waals surface area contributed by atoms with Crippen LogP contribution in [-0.2, 0) is 6.54 Å². The minimum Gasteiger partial charge on any atom is -0.395 e. The molecule has 0 atom stereocenters. The summed E-state index contributed by atoms with van der Waals surface area (Å²) < 4.78 is 0. The van der Waals surface area contributed by atoms with Gasteiger partial charge in [0.25, 0.3) is 0 Å². The standard InChI is InChI=1S/C16H21ClN2O/c1-3-6-19(7-8-20)11-14-10-13-5-4-12(2)9-15(13)18-16(14)17/h4-5,9-10,20H,3,6-8,11H2,1-2H3. The van der Waals surface area contributed by atoms with E-state index < -0.39 is 0 Å². The Kier molecular flexibility index (Phi) is 5.35. The molecule has 0 aliphatic heterocycles. The van der Waals surface area contributed by atoms with E-state index in [0.717, 1.165) is 36.0 Å². The molecule has 0 saturated heterocycles. The van der Waals surface area contributed by atoms with Crippen molar-refractivity contribution >= 4 is 22.5 Å². The van der Waals surface area contributed by atoms with Crippen LogP contribution in [-0.4, -0.2) is 34.7 Å². The SMILES string of the molecule is CCCN(CCO)Cc1cc2ccc(C)cc2nc1Cl. The first kappa shape index (κ1) is 15.2. The van der Waals surface area contributed by atoms with E-state index in [9.17, 15) is 0 Å². The fourth-order valence-electron chi connectivity index (χ4n) is 2.38. The van der Waals surface area contributed by atoms with Gasteiger partial charge in [0, 0.05) is 24.0 Å². The molecule has 2 rings (SSSR count). The molecule has 0 amide bonds. The summed E-state index contributed by atoms with van der Waals surface area (Å²) in [5.74, 6) is 0. The molecule has 0 bridgehead atoms. The molecule has 0 aliphatic carbocycles. The highest BCUT2D eigenvalue weighted by Gasteiger charge is 2.10. The molecule has 0 unspecified atom stereocenters. The normalized spacial score (nSPS) is 11.4. The van der Waals surface area contributed by atoms with Gasteiger partial charge >= 0.3 is 0 Å². The Morgan fingerprint density at radius 2 is 2.05 bits per heavy atom. The van der Waals surface area contributed by atoms with Gasteiger partial charge in [0.15, 0.2) is 0 Å². The molecule has 108 valence electrons. The first-order valence-corrected chi connectivity index (χ1v) is 7.41. The van der Waals surface area contributed by atoms with Crippen LogP contribution in [0.25, 0.3) is 10.9 Å². The van der Waals surface area contributed by atoms with Gasteiger partial charge < -0.3 is 5.11 Å². The van der Waals surface area contributed by atoms with Gasteiger partial charge in [-0.25, -0.2) is 4.98 Å². The fourth-order valence-corrected chi connectivity index (χ4v) is 2.58. The quantitative estimate of drug-likeness (QED) is 0.829. The Hall–Kier alpha value is -1.16. The van der Waals surface area contributed by atoms with Crippen molar-refractivity contribution < 1.29 is 5.11 Å². The van der Waals surface area contributed by atoms with Crippen LogP contribution in [0.1, 0.15) is 24.5 Å². The average Bonchev–Trinajstić information content (AvgIpc) is 2.40. The third kappa shape index (κ3) is 3.69. The van der Waals surface area contributed by atoms with Crippen LogP contribution in [0.5, 0.6) is 0 Å². The van der Waals surface area contributed by atoms with E-state index in [1.165, 1.54) is 5.56 Å². The topological polar surface area (TPSA) is 36.4 Å². The number of aliphatic hydroxyl groups is 1. The molecule has 0 spiro atoms. The molecule has 2 aromatic rings. The summed E-state index contributed by atoms with van der Waals surface area (Å²) in [4.78, 5) is 6.68. The highest BCUT2D eigenvalue weighted by atomic mass is 35.5. The van der Waals surface area contributed by atoms with E-state index in [1.54, 1.807) is 0 Å². The number of aryl methyl sites for hydroxylation is 1. The predicted molar refractivity (Wildman–Crippen MR) is 84.1 cm³/mol. The summed E-state index contributed by atoms with van der Waals surface area (Å²) in [6, 6.07) is 8.31. The second-order valence-electron chi connectivity index (χ2n) is 5.13. The van der Waals surface area contributed by atoms with Gasteiger partial charge in [-0.3, -0.25) is 4.90 Å². The van der Waals surface area contributed by atoms with E-state index in [-0.39, 0.29) is 6.61 Å². The van der Waals surface area contributed by atoms with E-state index in [1.807, 2.05) is 13.0 Å². The van der Waals surface area contributed by atoms with Crippen molar-refractivity contribution in [2.45, 2.75) is 26.8 Å². The van der Waals surface area contributed by atoms with Crippen molar-refractivity contribution in [2.24, 2.45) is 0 Å². The minimum atomic E-state index is 0.165. The van der Waals surface area contributed by atoms with Crippen LogP contribution in [0, 0.1) is 6.92 Å². The van der Waals surface area contributed by atoms with Crippen LogP contribution < -0.4 is 0 Å². The number of pyridine rings is 1. The summed E-state index contributed by atoms with van der Waals surface area (Å²) in [5.41, 5.74) is 3.13. The molecule has 1 heterocycles. The average molecular weight is 293 g/mol. The highest BCUT2D eigenvalue weighted by Crippen LogP contribution is 2.22. The third-order valence-corrected chi connectivity index (χ3v) is 3.68. The molecule has 3 nitrogen and oxygen atoms in total. The number of aliphatic hydroxyl groups excluding tert-OH is 1. The smallest absolute Gasteiger partial charge is 0.134 e. The van der Waals surface area contributed by atoms with Crippen LogP contribution in [0.15, 0.2) is 24.3 Å². The number of hydrogen-bond acceptors (Lipinski definition) is 3. The third-order valence-electron chi connectivity index (χ3n) is 3.35. The maximum absolute atomic E-state index is 9.12. The first-order valence-electron chi connectivity index (χ1n) is 7.03. The molecule has 1 aromatic heterocycles. The maximum Gasteiger partial charge on any atom is 0.134 e. The number of benzene rings is 1. The van der Waals surface area contributed by atoms with Crippen molar-refractivity contribution in [1.29, 1.82) is 0 Å². The van der Waals surface area contributed by atoms with Crippen molar-refractivity contribution in [1.82, 2.24) is 9.88 Å². The minimum absolute atomic E-state index is 0.165. The molecule has 0 fully saturated rings. The Morgan fingerprint density at radius 3 is 2.75 bits per heavy atom. The van der Waals surface area contributed by atoms with Crippen molar-refractivity contribution in [3.63, 3.8) is 0 Å². The van der Waals surface area contributed by atoms with Gasteiger partial charge in [-0.05, 0) is 37.6 Å². The van der Waals surface area contributed by atoms with Crippen molar-refractivity contribution in [2.75, 3.05) is 19.7 Å². The summed E-state index contributed by atoms with van der Waals surface area (Å²) in [5, 5.41) is 10.8. The Morgan fingerprint density at radius 1 is 1.25 bits per heavy atom. The monoisotopic (exact) mass is 292 g/mol. The van der Waals surface area contributed by atoms with Gasteiger partial charge in [-0.2, -0.15) is 0 Å². The van der Waals surface area contributed by atoms with Crippen LogP contribution >= 0.6 is 11.6 Å². The largest absolute Gasteiger partial charge is 0.395 e. The highest BCUT2D eigenvalue weighted by molar-refractivity contribution is 6.30. The molecule has 1 N–H and O–H groups in total. The zero-order valence-corrected chi connectivity index (χ0v) is 12.8. The predicted octanol–water partition coefficient (Wildman–Crippen LogP) is 3.40. The van der Waals surface area contributed by atoms with Gasteiger partial charge in [-0.1, -0.05) is 30.7 Å². The van der Waals surface area contributed by atoms with Gasteiger partial charge in [0.05, 0.1) is 12.1 Å². The summed E-state index contributed by atoms with van der Waals surface area (Å²) in [7, 11) is 0. The second-order valence-corrected chi connectivity index (χ2v) is 5.49. The molecule has 0 saturated carbocycles. The van der Waals surface area contributed by atoms with E-state index in [4.69, 9.17) is 16.7 Å². The fraction of sp³-hybridized carbons (Fsp3) is 0.438. The molecule has 0 radical (unpaired) electrons. The van der Waals surface area contributed by atoms with Crippen LogP contribution in [0.3, 0.4) is 0 Å². The number of nitrogens with zero attached hydrogens (tertiary/aromatic N) is 2. The summed E-state index contributed by atoms with van der Waals surface area (Å²) in [6.45, 7) is 6.68. The summed E-state index contributed by atoms with van der Waals surface area (Å²) >= 11 is 6.30. The first-order chi connectivity index (χ1) is 9.63. The number of hydrogen-bond donors (Lipinski definition) is 1. The van der Waals surface area contributed by atoms with Gasteiger partial charge in [0.1, 0.15) is 5.15 Å². The Bertz CT molecular complexity index is 580. The molecule has 20 heavy (non-hydrogen) atoms. The molecular weight excluding hydrogens is 272 g/mol. The molecule has 1 aromatic carbocycles. The van der Waals surface area contributed by atoms with E-state index in [0.29, 0.717) is 11.7 Å². The number of aromatic nitrogens is 1. The van der Waals surface area contributed by atoms with Gasteiger partial charge in [-0.15, -0.1) is 0 Å². The number of halogens is 1. The lowest BCUT2D eigenvalue weighted by molar-refractivity contribution is 0.190. The lowest BCUT2D eigenvalue weighted by Crippen LogP contribution is -2.27. The number of fused-ring (bicyclic) bond motifs is 1. The van der Waals surface area contributed by atoms with Crippen molar-refractivity contribution in [3.05, 3.63) is 40.5 Å². The molecular formula is C16H21ClN2O. The zero-order valence-electron chi connectivity index (χ0n) is 12.1. The lowest BCUT2D eigenvalue weighted by atomic mass is 10.1. The zero-order chi connectivity index (χ0) is 14.5. The summed E-state index contributed by atoms with van der Waals surface area (Å²) in [6.07, 6.45) is 1.05. The van der Waals surface area contributed by atoms with Crippen molar-refractivity contribution in [3.8, 4) is 0 Å². The lowest BCUT2D eigenvalue weighted by Gasteiger charge is -2.21. The van der Waals surface area contributed by atoms with E-state index >= 15 is 0 Å². The van der Waals surface area contributed by atoms with Crippen LogP contribution in [0.2, 0.25) is 5.15 Å². The van der Waals surface area contributed by atoms with E-state index in [2.05, 4.69) is 35.0 Å². The van der Waals surface area contributed by atoms with Crippen LogP contribution in [0.4, 0.5) is 0 Å². The number of rotatable bonds is 6. The Labute approximate surface area is 125 Å². The molecule has 4 heteroatoms. The molecule has 0 aliphatic rings. The Balaban J connectivity index is 2.29. The van der Waals surface area contributed by atoms with Gasteiger partial charge in [0.2, 0.25) is 0 Å². The second kappa shape index (κ2) is 7.02. The maximum atomic E-state index is 9.12.